The van der Waals surface area contributed by atoms with Crippen LogP contribution in [0.15, 0.2) is 0 Å². The fourth-order valence-electron chi connectivity index (χ4n) is 0.843. The Bertz CT molecular complexity index is 103. The van der Waals surface area contributed by atoms with Crippen LogP contribution in [0.3, 0.4) is 0 Å². The quantitative estimate of drug-likeness (QED) is 0.447. The van der Waals surface area contributed by atoms with E-state index >= 15 is 0 Å². The van der Waals surface area contributed by atoms with Crippen molar-refractivity contribution in [3.05, 3.63) is 0 Å². The van der Waals surface area contributed by atoms with Crippen molar-refractivity contribution in [1.82, 2.24) is 5.32 Å². The van der Waals surface area contributed by atoms with Crippen LogP contribution in [0.5, 0.6) is 0 Å². The van der Waals surface area contributed by atoms with Gasteiger partial charge < -0.3 is 11.1 Å². The fourth-order valence-corrected chi connectivity index (χ4v) is 0.843. The first-order valence-electron chi connectivity index (χ1n) is 2.78. The van der Waals surface area contributed by atoms with Gasteiger partial charge in [0.2, 0.25) is 0 Å². The van der Waals surface area contributed by atoms with Crippen LogP contribution in [-0.4, -0.2) is 25.4 Å². The summed E-state index contributed by atoms with van der Waals surface area (Å²) in [6.07, 6.45) is 0. The van der Waals surface area contributed by atoms with E-state index in [1.54, 1.807) is 0 Å². The number of carbonyl (C=O) groups excluding carboxylic acids is 1. The SMILES string of the molecule is NCC1CNCC1=O. The minimum atomic E-state index is 0.0926. The number of Topliss-reactive ketones (excluding diaryl/α,β-unsaturated/α-hetero) is 1. The highest BCUT2D eigenvalue weighted by molar-refractivity contribution is 5.85. The maximum Gasteiger partial charge on any atom is 0.152 e. The average Bonchev–Trinajstić information content (AvgIpc) is 2.14. The molecule has 8 heavy (non-hydrogen) atoms. The minimum Gasteiger partial charge on any atom is -0.330 e. The number of nitrogens with one attached hydrogen (secondary N) is 1. The summed E-state index contributed by atoms with van der Waals surface area (Å²) in [6.45, 7) is 1.78. The summed E-state index contributed by atoms with van der Waals surface area (Å²) in [7, 11) is 0. The molecule has 0 spiro atoms. The highest BCUT2D eigenvalue weighted by Crippen LogP contribution is 1.98. The largest absolute Gasteiger partial charge is 0.330 e. The Morgan fingerprint density at radius 2 is 2.62 bits per heavy atom. The maximum absolute atomic E-state index is 10.7. The number of hydrogen-bond donors (Lipinski definition) is 2. The van der Waals surface area contributed by atoms with Gasteiger partial charge in [0.05, 0.1) is 6.54 Å². The van der Waals surface area contributed by atoms with E-state index in [-0.39, 0.29) is 11.7 Å². The third-order valence-electron chi connectivity index (χ3n) is 1.43. The smallest absolute Gasteiger partial charge is 0.152 e. The number of rotatable bonds is 1. The van der Waals surface area contributed by atoms with Crippen molar-refractivity contribution in [2.75, 3.05) is 19.6 Å². The Morgan fingerprint density at radius 1 is 1.88 bits per heavy atom. The highest BCUT2D eigenvalue weighted by Gasteiger charge is 2.21. The van der Waals surface area contributed by atoms with Gasteiger partial charge in [-0.3, -0.25) is 4.79 Å². The predicted octanol–water partition coefficient (Wildman–Crippen LogP) is -1.27. The summed E-state index contributed by atoms with van der Waals surface area (Å²) < 4.78 is 0. The van der Waals surface area contributed by atoms with Crippen molar-refractivity contribution in [3.8, 4) is 0 Å². The van der Waals surface area contributed by atoms with E-state index in [1.165, 1.54) is 0 Å². The molecule has 1 aliphatic heterocycles. The van der Waals surface area contributed by atoms with Gasteiger partial charge in [-0.2, -0.15) is 0 Å². The molecule has 0 aromatic heterocycles. The van der Waals surface area contributed by atoms with Gasteiger partial charge in [-0.25, -0.2) is 0 Å². The Balaban J connectivity index is 2.42. The molecule has 0 radical (unpaired) electrons. The lowest BCUT2D eigenvalue weighted by atomic mass is 10.1. The topological polar surface area (TPSA) is 55.1 Å². The maximum atomic E-state index is 10.7. The second kappa shape index (κ2) is 2.24. The lowest BCUT2D eigenvalue weighted by Gasteiger charge is -1.97. The van der Waals surface area contributed by atoms with Crippen molar-refractivity contribution in [3.63, 3.8) is 0 Å². The van der Waals surface area contributed by atoms with Gasteiger partial charge in [0.25, 0.3) is 0 Å². The second-order valence-electron chi connectivity index (χ2n) is 2.03. The molecule has 3 nitrogen and oxygen atoms in total. The van der Waals surface area contributed by atoms with E-state index in [0.717, 1.165) is 6.54 Å². The minimum absolute atomic E-state index is 0.0926. The van der Waals surface area contributed by atoms with Gasteiger partial charge in [0, 0.05) is 19.0 Å². The van der Waals surface area contributed by atoms with Gasteiger partial charge in [0.15, 0.2) is 5.78 Å². The monoisotopic (exact) mass is 114 g/mol. The standard InChI is InChI=1S/C5H10N2O/c6-1-4-2-7-3-5(4)8/h4,7H,1-3,6H2. The van der Waals surface area contributed by atoms with Crippen LogP contribution in [0.2, 0.25) is 0 Å². The third kappa shape index (κ3) is 0.877. The second-order valence-corrected chi connectivity index (χ2v) is 2.03. The summed E-state index contributed by atoms with van der Waals surface area (Å²) in [4.78, 5) is 10.7. The zero-order valence-electron chi connectivity index (χ0n) is 4.68. The Labute approximate surface area is 48.2 Å². The Morgan fingerprint density at radius 3 is 2.88 bits per heavy atom. The van der Waals surface area contributed by atoms with Crippen LogP contribution < -0.4 is 11.1 Å². The van der Waals surface area contributed by atoms with Crippen LogP contribution in [0.25, 0.3) is 0 Å². The zero-order chi connectivity index (χ0) is 5.98. The molecule has 0 saturated carbocycles. The van der Waals surface area contributed by atoms with Crippen molar-refractivity contribution in [2.45, 2.75) is 0 Å². The van der Waals surface area contributed by atoms with E-state index in [4.69, 9.17) is 5.73 Å². The van der Waals surface area contributed by atoms with Crippen molar-refractivity contribution < 1.29 is 4.79 Å². The van der Waals surface area contributed by atoms with E-state index in [0.29, 0.717) is 13.1 Å². The first kappa shape index (κ1) is 5.72. The number of ketones is 1. The Kier molecular flexibility index (Phi) is 1.60. The first-order chi connectivity index (χ1) is 3.84. The molecule has 46 valence electrons. The molecule has 0 aromatic carbocycles. The molecule has 1 rings (SSSR count). The van der Waals surface area contributed by atoms with Crippen molar-refractivity contribution in [2.24, 2.45) is 11.7 Å². The summed E-state index contributed by atoms with van der Waals surface area (Å²) in [5, 5.41) is 2.94. The number of hydrogen-bond acceptors (Lipinski definition) is 3. The highest BCUT2D eigenvalue weighted by atomic mass is 16.1. The van der Waals surface area contributed by atoms with Crippen molar-refractivity contribution in [1.29, 1.82) is 0 Å². The molecular formula is C5H10N2O. The number of nitrogens with two attached hydrogens (primary N) is 1. The molecule has 0 bridgehead atoms. The number of carbonyl (C=O) groups is 1. The van der Waals surface area contributed by atoms with Crippen LogP contribution in [0.1, 0.15) is 0 Å². The molecule has 3 N–H and O–H groups in total. The van der Waals surface area contributed by atoms with E-state index in [1.807, 2.05) is 0 Å². The van der Waals surface area contributed by atoms with Crippen LogP contribution >= 0.6 is 0 Å². The van der Waals surface area contributed by atoms with Crippen LogP contribution in [0, 0.1) is 5.92 Å². The fraction of sp³-hybridized carbons (Fsp3) is 0.800. The van der Waals surface area contributed by atoms with E-state index in [9.17, 15) is 4.79 Å². The molecular weight excluding hydrogens is 104 g/mol. The Hall–Kier alpha value is -0.410. The predicted molar refractivity (Wildman–Crippen MR) is 30.4 cm³/mol. The molecule has 1 fully saturated rings. The molecule has 1 heterocycles. The van der Waals surface area contributed by atoms with Crippen molar-refractivity contribution >= 4 is 5.78 Å². The summed E-state index contributed by atoms with van der Waals surface area (Å²) in [5.74, 6) is 0.350. The molecule has 1 atom stereocenters. The molecule has 3 heteroatoms. The molecule has 0 aliphatic carbocycles. The summed E-state index contributed by atoms with van der Waals surface area (Å²) >= 11 is 0. The van der Waals surface area contributed by atoms with E-state index in [2.05, 4.69) is 5.32 Å². The van der Waals surface area contributed by atoms with Gasteiger partial charge in [0.1, 0.15) is 0 Å². The summed E-state index contributed by atoms with van der Waals surface area (Å²) in [6, 6.07) is 0. The van der Waals surface area contributed by atoms with E-state index < -0.39 is 0 Å². The zero-order valence-corrected chi connectivity index (χ0v) is 4.68. The molecule has 0 amide bonds. The summed E-state index contributed by atoms with van der Waals surface area (Å²) in [5.41, 5.74) is 5.26. The average molecular weight is 114 g/mol. The first-order valence-corrected chi connectivity index (χ1v) is 2.78. The lowest BCUT2D eigenvalue weighted by Crippen LogP contribution is -2.21. The third-order valence-corrected chi connectivity index (χ3v) is 1.43. The molecule has 1 saturated heterocycles. The molecule has 1 aliphatic rings. The van der Waals surface area contributed by atoms with Crippen LogP contribution in [-0.2, 0) is 4.79 Å². The van der Waals surface area contributed by atoms with Gasteiger partial charge in [-0.05, 0) is 0 Å². The van der Waals surface area contributed by atoms with Crippen LogP contribution in [0.4, 0.5) is 0 Å². The normalized spacial score (nSPS) is 29.1. The molecule has 1 unspecified atom stereocenters. The molecule has 0 aromatic rings. The lowest BCUT2D eigenvalue weighted by molar-refractivity contribution is -0.119. The van der Waals surface area contributed by atoms with Gasteiger partial charge in [-0.15, -0.1) is 0 Å². The van der Waals surface area contributed by atoms with Gasteiger partial charge in [-0.1, -0.05) is 0 Å². The van der Waals surface area contributed by atoms with Gasteiger partial charge >= 0.3 is 0 Å².